The van der Waals surface area contributed by atoms with Gasteiger partial charge in [-0.3, -0.25) is 9.59 Å². The first-order chi connectivity index (χ1) is 11.0. The van der Waals surface area contributed by atoms with Crippen LogP contribution in [0.15, 0.2) is 53.4 Å². The van der Waals surface area contributed by atoms with Crippen molar-refractivity contribution in [3.8, 4) is 0 Å². The molecule has 2 amide bonds. The third-order valence-electron chi connectivity index (χ3n) is 2.97. The number of anilines is 2. The second-order valence-electron chi connectivity index (χ2n) is 4.94. The zero-order valence-corrected chi connectivity index (χ0v) is 14.4. The Bertz CT molecular complexity index is 707. The third kappa shape index (κ3) is 5.30. The third-order valence-corrected chi connectivity index (χ3v) is 4.41. The molecule has 2 N–H and O–H groups in total. The lowest BCUT2D eigenvalue weighted by atomic mass is 10.2. The summed E-state index contributed by atoms with van der Waals surface area (Å²) in [4.78, 5) is 24.5. The molecule has 6 heteroatoms. The van der Waals surface area contributed by atoms with E-state index >= 15 is 0 Å². The fraction of sp³-hybridized carbons (Fsp3) is 0.176. The van der Waals surface area contributed by atoms with Crippen molar-refractivity contribution in [3.63, 3.8) is 0 Å². The Balaban J connectivity index is 2.03. The number of carbonyl (C=O) groups is 2. The molecule has 0 bridgehead atoms. The summed E-state index contributed by atoms with van der Waals surface area (Å²) in [5.41, 5.74) is 1.06. The van der Waals surface area contributed by atoms with Gasteiger partial charge >= 0.3 is 0 Å². The van der Waals surface area contributed by atoms with Gasteiger partial charge in [0.25, 0.3) is 0 Å². The molecule has 0 aliphatic heterocycles. The van der Waals surface area contributed by atoms with Crippen LogP contribution in [-0.2, 0) is 9.59 Å². The molecular weight excluding hydrogens is 332 g/mol. The minimum absolute atomic E-state index is 0.116. The second kappa shape index (κ2) is 8.04. The van der Waals surface area contributed by atoms with E-state index < -0.39 is 0 Å². The summed E-state index contributed by atoms with van der Waals surface area (Å²) in [5, 5.41) is 5.63. The van der Waals surface area contributed by atoms with E-state index in [1.807, 2.05) is 37.3 Å². The summed E-state index contributed by atoms with van der Waals surface area (Å²) in [7, 11) is 0. The van der Waals surface area contributed by atoms with Gasteiger partial charge in [-0.15, -0.1) is 11.8 Å². The topological polar surface area (TPSA) is 58.2 Å². The number of amides is 2. The number of hydrogen-bond acceptors (Lipinski definition) is 3. The van der Waals surface area contributed by atoms with Gasteiger partial charge in [-0.1, -0.05) is 29.8 Å². The standard InChI is InChI=1S/C17H17ClN2O2S/c1-11(23-14-6-4-3-5-7-14)17(22)20-13-8-9-15(18)16(10-13)19-12(2)21/h3-11H,1-2H3,(H,19,21)(H,20,22). The van der Waals surface area contributed by atoms with E-state index in [9.17, 15) is 9.59 Å². The van der Waals surface area contributed by atoms with Crippen LogP contribution in [0.1, 0.15) is 13.8 Å². The Kier molecular flexibility index (Phi) is 6.07. The molecular formula is C17H17ClN2O2S. The van der Waals surface area contributed by atoms with E-state index in [-0.39, 0.29) is 17.1 Å². The lowest BCUT2D eigenvalue weighted by molar-refractivity contribution is -0.115. The van der Waals surface area contributed by atoms with Crippen LogP contribution in [0.2, 0.25) is 5.02 Å². The maximum absolute atomic E-state index is 12.3. The maximum Gasteiger partial charge on any atom is 0.237 e. The van der Waals surface area contributed by atoms with Crippen LogP contribution < -0.4 is 10.6 Å². The fourth-order valence-electron chi connectivity index (χ4n) is 1.89. The molecule has 0 fully saturated rings. The van der Waals surface area contributed by atoms with Gasteiger partial charge in [-0.2, -0.15) is 0 Å². The Labute approximate surface area is 144 Å². The minimum atomic E-state index is -0.253. The van der Waals surface area contributed by atoms with E-state index in [0.717, 1.165) is 4.90 Å². The van der Waals surface area contributed by atoms with Crippen molar-refractivity contribution in [2.24, 2.45) is 0 Å². The largest absolute Gasteiger partial charge is 0.325 e. The zero-order chi connectivity index (χ0) is 16.8. The SMILES string of the molecule is CC(=O)Nc1cc(NC(=O)C(C)Sc2ccccc2)ccc1Cl. The Morgan fingerprint density at radius 2 is 1.78 bits per heavy atom. The van der Waals surface area contributed by atoms with Gasteiger partial charge in [0.2, 0.25) is 11.8 Å². The van der Waals surface area contributed by atoms with Crippen LogP contribution >= 0.6 is 23.4 Å². The smallest absolute Gasteiger partial charge is 0.237 e. The van der Waals surface area contributed by atoms with Crippen LogP contribution in [0, 0.1) is 0 Å². The molecule has 1 unspecified atom stereocenters. The normalized spacial score (nSPS) is 11.6. The summed E-state index contributed by atoms with van der Waals surface area (Å²) >= 11 is 7.50. The van der Waals surface area contributed by atoms with Gasteiger partial charge in [-0.05, 0) is 37.3 Å². The molecule has 1 atom stereocenters. The number of thioether (sulfide) groups is 1. The van der Waals surface area contributed by atoms with E-state index in [1.165, 1.54) is 18.7 Å². The van der Waals surface area contributed by atoms with Gasteiger partial charge < -0.3 is 10.6 Å². The molecule has 0 aliphatic carbocycles. The predicted molar refractivity (Wildman–Crippen MR) is 96.1 cm³/mol. The fourth-order valence-corrected chi connectivity index (χ4v) is 2.94. The molecule has 2 aromatic rings. The van der Waals surface area contributed by atoms with Crippen molar-refractivity contribution < 1.29 is 9.59 Å². The lowest BCUT2D eigenvalue weighted by Gasteiger charge is -2.13. The van der Waals surface area contributed by atoms with E-state index in [0.29, 0.717) is 16.4 Å². The molecule has 0 radical (unpaired) electrons. The first-order valence-corrected chi connectivity index (χ1v) is 8.31. The van der Waals surface area contributed by atoms with E-state index in [1.54, 1.807) is 18.2 Å². The number of benzene rings is 2. The molecule has 2 aromatic carbocycles. The van der Waals surface area contributed by atoms with Gasteiger partial charge in [0, 0.05) is 17.5 Å². The molecule has 0 aliphatic rings. The van der Waals surface area contributed by atoms with Crippen LogP contribution in [0.5, 0.6) is 0 Å². The van der Waals surface area contributed by atoms with Gasteiger partial charge in [0.15, 0.2) is 0 Å². The van der Waals surface area contributed by atoms with Crippen molar-refractivity contribution in [2.45, 2.75) is 24.0 Å². The molecule has 120 valence electrons. The van der Waals surface area contributed by atoms with Crippen molar-refractivity contribution >= 4 is 46.6 Å². The molecule has 0 saturated carbocycles. The summed E-state index contributed by atoms with van der Waals surface area (Å²) in [6.45, 7) is 3.25. The number of carbonyl (C=O) groups excluding carboxylic acids is 2. The molecule has 0 aromatic heterocycles. The number of rotatable bonds is 5. The number of hydrogen-bond donors (Lipinski definition) is 2. The van der Waals surface area contributed by atoms with Gasteiger partial charge in [0.1, 0.15) is 0 Å². The van der Waals surface area contributed by atoms with Crippen LogP contribution in [0.25, 0.3) is 0 Å². The van der Waals surface area contributed by atoms with Crippen molar-refractivity contribution in [3.05, 3.63) is 53.6 Å². The Morgan fingerprint density at radius 1 is 1.09 bits per heavy atom. The predicted octanol–water partition coefficient (Wildman–Crippen LogP) is 4.42. The van der Waals surface area contributed by atoms with E-state index in [4.69, 9.17) is 11.6 Å². The summed E-state index contributed by atoms with van der Waals surface area (Å²) in [6.07, 6.45) is 0. The maximum atomic E-state index is 12.3. The molecule has 0 saturated heterocycles. The minimum Gasteiger partial charge on any atom is -0.325 e. The van der Waals surface area contributed by atoms with Crippen molar-refractivity contribution in [2.75, 3.05) is 10.6 Å². The Hall–Kier alpha value is -1.98. The molecule has 2 rings (SSSR count). The summed E-state index contributed by atoms with van der Waals surface area (Å²) in [6, 6.07) is 14.7. The quantitative estimate of drug-likeness (QED) is 0.786. The highest BCUT2D eigenvalue weighted by Crippen LogP contribution is 2.27. The highest BCUT2D eigenvalue weighted by atomic mass is 35.5. The van der Waals surface area contributed by atoms with Crippen LogP contribution in [0.4, 0.5) is 11.4 Å². The summed E-state index contributed by atoms with van der Waals surface area (Å²) < 4.78 is 0. The lowest BCUT2D eigenvalue weighted by Crippen LogP contribution is -2.22. The van der Waals surface area contributed by atoms with Crippen LogP contribution in [-0.4, -0.2) is 17.1 Å². The molecule has 0 heterocycles. The monoisotopic (exact) mass is 348 g/mol. The van der Waals surface area contributed by atoms with Gasteiger partial charge in [-0.25, -0.2) is 0 Å². The number of halogens is 1. The average molecular weight is 349 g/mol. The van der Waals surface area contributed by atoms with Crippen LogP contribution in [0.3, 0.4) is 0 Å². The zero-order valence-electron chi connectivity index (χ0n) is 12.8. The Morgan fingerprint density at radius 3 is 2.43 bits per heavy atom. The van der Waals surface area contributed by atoms with Crippen molar-refractivity contribution in [1.29, 1.82) is 0 Å². The molecule has 4 nitrogen and oxygen atoms in total. The van der Waals surface area contributed by atoms with E-state index in [2.05, 4.69) is 10.6 Å². The molecule has 0 spiro atoms. The summed E-state index contributed by atoms with van der Waals surface area (Å²) in [5.74, 6) is -0.335. The average Bonchev–Trinajstić information content (AvgIpc) is 2.51. The number of nitrogens with one attached hydrogen (secondary N) is 2. The van der Waals surface area contributed by atoms with Gasteiger partial charge in [0.05, 0.1) is 16.0 Å². The highest BCUT2D eigenvalue weighted by Gasteiger charge is 2.15. The first kappa shape index (κ1) is 17.4. The second-order valence-corrected chi connectivity index (χ2v) is 6.76. The molecule has 23 heavy (non-hydrogen) atoms. The first-order valence-electron chi connectivity index (χ1n) is 7.05. The van der Waals surface area contributed by atoms with Crippen molar-refractivity contribution in [1.82, 2.24) is 0 Å². The highest BCUT2D eigenvalue weighted by molar-refractivity contribution is 8.00.